The fourth-order valence-electron chi connectivity index (χ4n) is 2.10. The maximum atomic E-state index is 11.7. The van der Waals surface area contributed by atoms with E-state index in [0.29, 0.717) is 26.0 Å². The van der Waals surface area contributed by atoms with Gasteiger partial charge in [0, 0.05) is 31.3 Å². The predicted octanol–water partition coefficient (Wildman–Crippen LogP) is 2.91. The summed E-state index contributed by atoms with van der Waals surface area (Å²) in [5.74, 6) is 0.947. The molecule has 1 aromatic carbocycles. The number of nitrogens with one attached hydrogen (secondary N) is 1. The number of benzene rings is 1. The quantitative estimate of drug-likeness (QED) is 0.762. The molecule has 0 radical (unpaired) electrons. The predicted molar refractivity (Wildman–Crippen MR) is 86.9 cm³/mol. The van der Waals surface area contributed by atoms with E-state index in [9.17, 15) is 4.79 Å². The van der Waals surface area contributed by atoms with Gasteiger partial charge in [-0.15, -0.1) is 0 Å². The zero-order valence-corrected chi connectivity index (χ0v) is 12.9. The van der Waals surface area contributed by atoms with Crippen LogP contribution in [0.25, 0.3) is 0 Å². The fraction of sp³-hybridized carbons (Fsp3) is 0.333. The highest BCUT2D eigenvalue weighted by molar-refractivity contribution is 5.75. The number of hydrogen-bond donors (Lipinski definition) is 1. The first-order valence-corrected chi connectivity index (χ1v) is 7.61. The molecule has 0 bridgehead atoms. The Morgan fingerprint density at radius 2 is 2.00 bits per heavy atom. The Hall–Kier alpha value is -2.36. The summed E-state index contributed by atoms with van der Waals surface area (Å²) in [4.78, 5) is 15.9. The molecular weight excluding hydrogens is 276 g/mol. The number of pyridine rings is 1. The summed E-state index contributed by atoms with van der Waals surface area (Å²) in [6.45, 7) is 3.19. The van der Waals surface area contributed by atoms with E-state index in [-0.39, 0.29) is 5.91 Å². The van der Waals surface area contributed by atoms with Gasteiger partial charge in [-0.1, -0.05) is 24.3 Å². The normalized spacial score (nSPS) is 10.2. The van der Waals surface area contributed by atoms with Crippen LogP contribution in [-0.2, 0) is 11.2 Å². The van der Waals surface area contributed by atoms with Crippen LogP contribution in [0.15, 0.2) is 48.7 Å². The largest absolute Gasteiger partial charge is 0.493 e. The van der Waals surface area contributed by atoms with Gasteiger partial charge in [0.25, 0.3) is 0 Å². The van der Waals surface area contributed by atoms with Crippen molar-refractivity contribution in [2.75, 3.05) is 13.2 Å². The number of carbonyl (C=O) groups excluding carboxylic acids is 1. The van der Waals surface area contributed by atoms with Crippen LogP contribution in [0, 0.1) is 6.92 Å². The second kappa shape index (κ2) is 8.82. The monoisotopic (exact) mass is 298 g/mol. The van der Waals surface area contributed by atoms with E-state index in [2.05, 4.69) is 10.3 Å². The molecule has 1 amide bonds. The second-order valence-electron chi connectivity index (χ2n) is 5.14. The van der Waals surface area contributed by atoms with Gasteiger partial charge < -0.3 is 10.1 Å². The lowest BCUT2D eigenvalue weighted by Crippen LogP contribution is -2.26. The van der Waals surface area contributed by atoms with Gasteiger partial charge in [0.05, 0.1) is 6.61 Å². The average Bonchev–Trinajstić information content (AvgIpc) is 2.54. The SMILES string of the molecule is Cc1ccccc1OCCCC(=O)NCCc1ccccn1. The minimum Gasteiger partial charge on any atom is -0.493 e. The smallest absolute Gasteiger partial charge is 0.220 e. The summed E-state index contributed by atoms with van der Waals surface area (Å²) < 4.78 is 5.67. The van der Waals surface area contributed by atoms with Crippen molar-refractivity contribution in [3.63, 3.8) is 0 Å². The lowest BCUT2D eigenvalue weighted by molar-refractivity contribution is -0.121. The van der Waals surface area contributed by atoms with E-state index in [1.165, 1.54) is 0 Å². The Kier molecular flexibility index (Phi) is 6.42. The molecule has 1 heterocycles. The van der Waals surface area contributed by atoms with Crippen molar-refractivity contribution in [2.45, 2.75) is 26.2 Å². The molecule has 0 saturated carbocycles. The molecule has 4 heteroatoms. The molecule has 0 fully saturated rings. The van der Waals surface area contributed by atoms with E-state index >= 15 is 0 Å². The lowest BCUT2D eigenvalue weighted by Gasteiger charge is -2.09. The summed E-state index contributed by atoms with van der Waals surface area (Å²) in [6, 6.07) is 13.7. The molecule has 22 heavy (non-hydrogen) atoms. The molecule has 4 nitrogen and oxygen atoms in total. The molecule has 0 aliphatic carbocycles. The number of amides is 1. The second-order valence-corrected chi connectivity index (χ2v) is 5.14. The van der Waals surface area contributed by atoms with Crippen molar-refractivity contribution in [3.8, 4) is 5.75 Å². The van der Waals surface area contributed by atoms with Gasteiger partial charge in [-0.2, -0.15) is 0 Å². The third kappa shape index (κ3) is 5.56. The Balaban J connectivity index is 1.57. The van der Waals surface area contributed by atoms with Crippen LogP contribution in [0.2, 0.25) is 0 Å². The van der Waals surface area contributed by atoms with Crippen molar-refractivity contribution in [3.05, 3.63) is 59.9 Å². The van der Waals surface area contributed by atoms with Gasteiger partial charge >= 0.3 is 0 Å². The third-order valence-corrected chi connectivity index (χ3v) is 3.33. The molecule has 0 atom stereocenters. The first-order chi connectivity index (χ1) is 10.8. The minimum absolute atomic E-state index is 0.0596. The summed E-state index contributed by atoms with van der Waals surface area (Å²) in [6.07, 6.45) is 3.71. The van der Waals surface area contributed by atoms with Crippen molar-refractivity contribution in [2.24, 2.45) is 0 Å². The summed E-state index contributed by atoms with van der Waals surface area (Å²) >= 11 is 0. The number of aromatic nitrogens is 1. The van der Waals surface area contributed by atoms with Gasteiger partial charge in [-0.05, 0) is 37.1 Å². The maximum absolute atomic E-state index is 11.7. The molecule has 0 aliphatic rings. The number of rotatable bonds is 8. The number of hydrogen-bond acceptors (Lipinski definition) is 3. The standard InChI is InChI=1S/C18H22N2O2/c1-15-7-2-3-9-17(15)22-14-6-10-18(21)20-13-11-16-8-4-5-12-19-16/h2-5,7-9,12H,6,10-11,13-14H2,1H3,(H,20,21). The molecular formula is C18H22N2O2. The molecule has 0 spiro atoms. The van der Waals surface area contributed by atoms with Gasteiger partial charge in [0.1, 0.15) is 5.75 Å². The van der Waals surface area contributed by atoms with Crippen LogP contribution in [0.3, 0.4) is 0 Å². The van der Waals surface area contributed by atoms with Crippen LogP contribution in [-0.4, -0.2) is 24.0 Å². The van der Waals surface area contributed by atoms with Crippen LogP contribution in [0.5, 0.6) is 5.75 Å². The van der Waals surface area contributed by atoms with E-state index in [1.807, 2.05) is 49.4 Å². The Labute approximate surface area is 131 Å². The Morgan fingerprint density at radius 3 is 2.77 bits per heavy atom. The van der Waals surface area contributed by atoms with E-state index in [4.69, 9.17) is 4.74 Å². The zero-order chi connectivity index (χ0) is 15.6. The lowest BCUT2D eigenvalue weighted by atomic mass is 10.2. The van der Waals surface area contributed by atoms with Crippen molar-refractivity contribution in [1.29, 1.82) is 0 Å². The van der Waals surface area contributed by atoms with Crippen molar-refractivity contribution in [1.82, 2.24) is 10.3 Å². The number of para-hydroxylation sites is 1. The molecule has 1 aromatic heterocycles. The van der Waals surface area contributed by atoms with Gasteiger partial charge in [-0.25, -0.2) is 0 Å². The number of ether oxygens (including phenoxy) is 1. The average molecular weight is 298 g/mol. The van der Waals surface area contributed by atoms with E-state index in [0.717, 1.165) is 23.4 Å². The van der Waals surface area contributed by atoms with Gasteiger partial charge in [0.15, 0.2) is 0 Å². The molecule has 1 N–H and O–H groups in total. The minimum atomic E-state index is 0.0596. The summed E-state index contributed by atoms with van der Waals surface area (Å²) in [7, 11) is 0. The van der Waals surface area contributed by atoms with Gasteiger partial charge in [-0.3, -0.25) is 9.78 Å². The third-order valence-electron chi connectivity index (χ3n) is 3.33. The summed E-state index contributed by atoms with van der Waals surface area (Å²) in [5, 5.41) is 2.91. The molecule has 116 valence electrons. The molecule has 0 saturated heterocycles. The molecule has 2 aromatic rings. The molecule has 0 unspecified atom stereocenters. The van der Waals surface area contributed by atoms with Crippen LogP contribution >= 0.6 is 0 Å². The van der Waals surface area contributed by atoms with Crippen molar-refractivity contribution >= 4 is 5.91 Å². The zero-order valence-electron chi connectivity index (χ0n) is 12.9. The number of carbonyl (C=O) groups is 1. The van der Waals surface area contributed by atoms with Gasteiger partial charge in [0.2, 0.25) is 5.91 Å². The summed E-state index contributed by atoms with van der Waals surface area (Å²) in [5.41, 5.74) is 2.10. The van der Waals surface area contributed by atoms with Crippen LogP contribution in [0.4, 0.5) is 0 Å². The topological polar surface area (TPSA) is 51.2 Å². The van der Waals surface area contributed by atoms with E-state index < -0.39 is 0 Å². The fourth-order valence-corrected chi connectivity index (χ4v) is 2.10. The van der Waals surface area contributed by atoms with Crippen molar-refractivity contribution < 1.29 is 9.53 Å². The number of nitrogens with zero attached hydrogens (tertiary/aromatic N) is 1. The molecule has 2 rings (SSSR count). The Bertz CT molecular complexity index is 585. The highest BCUT2D eigenvalue weighted by Gasteiger charge is 2.02. The first-order valence-electron chi connectivity index (χ1n) is 7.61. The Morgan fingerprint density at radius 1 is 1.18 bits per heavy atom. The highest BCUT2D eigenvalue weighted by Crippen LogP contribution is 2.16. The van der Waals surface area contributed by atoms with Crippen LogP contribution in [0.1, 0.15) is 24.1 Å². The van der Waals surface area contributed by atoms with Crippen LogP contribution < -0.4 is 10.1 Å². The first kappa shape index (κ1) is 16.0. The molecule has 0 aliphatic heterocycles. The number of aryl methyl sites for hydroxylation is 1. The van der Waals surface area contributed by atoms with E-state index in [1.54, 1.807) is 6.20 Å². The highest BCUT2D eigenvalue weighted by atomic mass is 16.5. The maximum Gasteiger partial charge on any atom is 0.220 e.